The van der Waals surface area contributed by atoms with Crippen LogP contribution in [0.5, 0.6) is 0 Å². The molecule has 2 saturated heterocycles. The van der Waals surface area contributed by atoms with Gasteiger partial charge in [0.2, 0.25) is 15.9 Å². The lowest BCUT2D eigenvalue weighted by Crippen LogP contribution is -2.49. The Kier molecular flexibility index (Phi) is 7.60. The van der Waals surface area contributed by atoms with Crippen LogP contribution < -0.4 is 5.32 Å². The molecule has 0 radical (unpaired) electrons. The highest BCUT2D eigenvalue weighted by atomic mass is 32.2. The van der Waals surface area contributed by atoms with Crippen molar-refractivity contribution >= 4 is 15.9 Å². The largest absolute Gasteiger partial charge is 0.354 e. The van der Waals surface area contributed by atoms with Crippen molar-refractivity contribution in [2.75, 3.05) is 26.2 Å². The molecule has 2 aromatic rings. The van der Waals surface area contributed by atoms with Gasteiger partial charge >= 0.3 is 0 Å². The molecule has 32 heavy (non-hydrogen) atoms. The molecule has 172 valence electrons. The third-order valence-corrected chi connectivity index (χ3v) is 8.50. The molecule has 1 amide bonds. The fourth-order valence-electron chi connectivity index (χ4n) is 4.80. The molecule has 0 saturated carbocycles. The number of hydrogen-bond acceptors (Lipinski definition) is 4. The van der Waals surface area contributed by atoms with E-state index in [1.807, 2.05) is 6.07 Å². The molecule has 2 aromatic carbocycles. The van der Waals surface area contributed by atoms with Crippen molar-refractivity contribution in [1.82, 2.24) is 14.5 Å². The number of amides is 1. The Bertz CT molecular complexity index is 982. The van der Waals surface area contributed by atoms with Crippen LogP contribution in [0.3, 0.4) is 0 Å². The van der Waals surface area contributed by atoms with Gasteiger partial charge in [-0.05, 0) is 49.9 Å². The van der Waals surface area contributed by atoms with Gasteiger partial charge in [0, 0.05) is 32.2 Å². The van der Waals surface area contributed by atoms with Crippen molar-refractivity contribution in [3.8, 4) is 0 Å². The first-order valence-corrected chi connectivity index (χ1v) is 13.1. The average Bonchev–Trinajstić information content (AvgIpc) is 2.84. The normalized spacial score (nSPS) is 23.0. The van der Waals surface area contributed by atoms with Gasteiger partial charge in [-0.15, -0.1) is 0 Å². The molecular weight excluding hydrogens is 422 g/mol. The zero-order chi connectivity index (χ0) is 22.4. The smallest absolute Gasteiger partial charge is 0.243 e. The van der Waals surface area contributed by atoms with E-state index in [2.05, 4.69) is 34.5 Å². The van der Waals surface area contributed by atoms with Crippen molar-refractivity contribution in [1.29, 1.82) is 0 Å². The highest BCUT2D eigenvalue weighted by Gasteiger charge is 2.33. The summed E-state index contributed by atoms with van der Waals surface area (Å²) in [5, 5.41) is 3.15. The topological polar surface area (TPSA) is 69.7 Å². The Morgan fingerprint density at radius 1 is 0.906 bits per heavy atom. The lowest BCUT2D eigenvalue weighted by Gasteiger charge is -2.36. The summed E-state index contributed by atoms with van der Waals surface area (Å²) in [5.74, 6) is -0.323. The van der Waals surface area contributed by atoms with Crippen molar-refractivity contribution in [2.24, 2.45) is 5.92 Å². The van der Waals surface area contributed by atoms with Gasteiger partial charge in [0.05, 0.1) is 10.8 Å². The summed E-state index contributed by atoms with van der Waals surface area (Å²) >= 11 is 0. The molecule has 2 aliphatic heterocycles. The molecule has 2 atom stereocenters. The quantitative estimate of drug-likeness (QED) is 0.696. The van der Waals surface area contributed by atoms with E-state index in [0.29, 0.717) is 30.4 Å². The van der Waals surface area contributed by atoms with Gasteiger partial charge < -0.3 is 5.32 Å². The molecule has 0 aliphatic carbocycles. The highest BCUT2D eigenvalue weighted by Crippen LogP contribution is 2.24. The molecule has 2 fully saturated rings. The van der Waals surface area contributed by atoms with E-state index >= 15 is 0 Å². The third kappa shape index (κ3) is 5.57. The van der Waals surface area contributed by atoms with Crippen molar-refractivity contribution in [2.45, 2.75) is 49.6 Å². The van der Waals surface area contributed by atoms with Crippen LogP contribution >= 0.6 is 0 Å². The van der Waals surface area contributed by atoms with E-state index in [1.54, 1.807) is 30.3 Å². The molecule has 4 rings (SSSR count). The predicted molar refractivity (Wildman–Crippen MR) is 125 cm³/mol. The second-order valence-corrected chi connectivity index (χ2v) is 10.8. The number of sulfonamides is 1. The summed E-state index contributed by atoms with van der Waals surface area (Å²) in [5.41, 5.74) is 1.29. The van der Waals surface area contributed by atoms with E-state index in [1.165, 1.54) is 22.7 Å². The lowest BCUT2D eigenvalue weighted by molar-refractivity contribution is -0.126. The molecule has 2 heterocycles. The van der Waals surface area contributed by atoms with Crippen LogP contribution in [0.25, 0.3) is 0 Å². The van der Waals surface area contributed by atoms with E-state index in [-0.39, 0.29) is 18.4 Å². The summed E-state index contributed by atoms with van der Waals surface area (Å²) in [6.07, 6.45) is 4.87. The molecule has 0 spiro atoms. The van der Waals surface area contributed by atoms with E-state index < -0.39 is 10.0 Å². The second-order valence-electron chi connectivity index (χ2n) is 8.87. The fraction of sp³-hybridized carbons (Fsp3) is 0.480. The Morgan fingerprint density at radius 2 is 1.62 bits per heavy atom. The minimum Gasteiger partial charge on any atom is -0.354 e. The SMILES string of the molecule is O=C(NCC1CCCCN1Cc1ccccc1)C1CCCN(S(=O)(=O)c2ccccc2)C1. The number of hydrogen-bond donors (Lipinski definition) is 1. The number of piperidine rings is 2. The van der Waals surface area contributed by atoms with Gasteiger partial charge in [-0.25, -0.2) is 8.42 Å². The van der Waals surface area contributed by atoms with E-state index in [0.717, 1.165) is 25.9 Å². The second kappa shape index (κ2) is 10.6. The maximum absolute atomic E-state index is 13.0. The van der Waals surface area contributed by atoms with Crippen LogP contribution in [-0.2, 0) is 21.4 Å². The Morgan fingerprint density at radius 3 is 2.38 bits per heavy atom. The Balaban J connectivity index is 1.34. The zero-order valence-corrected chi connectivity index (χ0v) is 19.3. The molecule has 2 unspecified atom stereocenters. The molecule has 0 aromatic heterocycles. The van der Waals surface area contributed by atoms with Crippen molar-refractivity contribution in [3.05, 3.63) is 66.2 Å². The Labute approximate surface area is 191 Å². The number of carbonyl (C=O) groups is 1. The van der Waals surface area contributed by atoms with E-state index in [9.17, 15) is 13.2 Å². The van der Waals surface area contributed by atoms with E-state index in [4.69, 9.17) is 0 Å². The number of rotatable bonds is 7. The lowest BCUT2D eigenvalue weighted by atomic mass is 9.97. The van der Waals surface area contributed by atoms with Gasteiger partial charge in [-0.2, -0.15) is 4.31 Å². The summed E-state index contributed by atoms with van der Waals surface area (Å²) in [7, 11) is -3.56. The number of nitrogens with zero attached hydrogens (tertiary/aromatic N) is 2. The number of nitrogens with one attached hydrogen (secondary N) is 1. The third-order valence-electron chi connectivity index (χ3n) is 6.63. The van der Waals surface area contributed by atoms with Crippen molar-refractivity contribution in [3.63, 3.8) is 0 Å². The molecule has 0 bridgehead atoms. The summed E-state index contributed by atoms with van der Waals surface area (Å²) in [4.78, 5) is 15.7. The van der Waals surface area contributed by atoms with Crippen LogP contribution in [0.15, 0.2) is 65.6 Å². The van der Waals surface area contributed by atoms with Crippen molar-refractivity contribution < 1.29 is 13.2 Å². The maximum Gasteiger partial charge on any atom is 0.243 e. The zero-order valence-electron chi connectivity index (χ0n) is 18.5. The number of carbonyl (C=O) groups excluding carboxylic acids is 1. The minimum atomic E-state index is -3.56. The predicted octanol–water partition coefficient (Wildman–Crippen LogP) is 3.26. The molecule has 1 N–H and O–H groups in total. The van der Waals surface area contributed by atoms with Gasteiger partial charge in [0.25, 0.3) is 0 Å². The summed E-state index contributed by atoms with van der Waals surface area (Å²) < 4.78 is 27.4. The molecular formula is C25H33N3O3S. The summed E-state index contributed by atoms with van der Waals surface area (Å²) in [6, 6.07) is 19.3. The molecule has 6 nitrogen and oxygen atoms in total. The first kappa shape index (κ1) is 23.0. The highest BCUT2D eigenvalue weighted by molar-refractivity contribution is 7.89. The molecule has 2 aliphatic rings. The monoisotopic (exact) mass is 455 g/mol. The van der Waals surface area contributed by atoms with Gasteiger partial charge in [0.15, 0.2) is 0 Å². The van der Waals surface area contributed by atoms with Crippen LogP contribution in [0.1, 0.15) is 37.7 Å². The number of benzene rings is 2. The van der Waals surface area contributed by atoms with Gasteiger partial charge in [-0.1, -0.05) is 55.0 Å². The first-order chi connectivity index (χ1) is 15.5. The van der Waals surface area contributed by atoms with Crippen LogP contribution in [0.4, 0.5) is 0 Å². The maximum atomic E-state index is 13.0. The average molecular weight is 456 g/mol. The fourth-order valence-corrected chi connectivity index (χ4v) is 6.34. The minimum absolute atomic E-state index is 0.0248. The standard InChI is InChI=1S/C25H33N3O3S/c29-25(22-12-9-17-28(20-22)32(30,31)24-14-5-2-6-15-24)26-18-23-13-7-8-16-27(23)19-21-10-3-1-4-11-21/h1-6,10-11,14-15,22-23H,7-9,12-13,16-20H2,(H,26,29). The van der Waals surface area contributed by atoms with Crippen LogP contribution in [0.2, 0.25) is 0 Å². The Hall–Kier alpha value is -2.22. The first-order valence-electron chi connectivity index (χ1n) is 11.6. The number of likely N-dealkylation sites (tertiary alicyclic amines) is 1. The van der Waals surface area contributed by atoms with Gasteiger partial charge in [0.1, 0.15) is 0 Å². The van der Waals surface area contributed by atoms with Gasteiger partial charge in [-0.3, -0.25) is 9.69 Å². The molecule has 7 heteroatoms. The van der Waals surface area contributed by atoms with Crippen LogP contribution in [-0.4, -0.2) is 55.8 Å². The van der Waals surface area contributed by atoms with Crippen LogP contribution in [0, 0.1) is 5.92 Å². The summed E-state index contributed by atoms with van der Waals surface area (Å²) in [6.45, 7) is 3.28.